The molecule has 2 atom stereocenters. The maximum atomic E-state index is 12.7. The summed E-state index contributed by atoms with van der Waals surface area (Å²) < 4.78 is 0. The zero-order chi connectivity index (χ0) is 18.0. The number of amides is 2. The van der Waals surface area contributed by atoms with Gasteiger partial charge in [-0.1, -0.05) is 31.9 Å². The Morgan fingerprint density at radius 3 is 2.72 bits per heavy atom. The highest BCUT2D eigenvalue weighted by Crippen LogP contribution is 2.26. The van der Waals surface area contributed by atoms with Crippen LogP contribution in [-0.2, 0) is 9.59 Å². The van der Waals surface area contributed by atoms with E-state index in [1.807, 2.05) is 32.0 Å². The van der Waals surface area contributed by atoms with Gasteiger partial charge in [-0.05, 0) is 49.8 Å². The van der Waals surface area contributed by atoms with E-state index in [1.165, 1.54) is 11.4 Å². The maximum Gasteiger partial charge on any atom is 0.267 e. The third-order valence-corrected chi connectivity index (χ3v) is 5.32. The number of hydrazone groups is 1. The number of carbonyl (C=O) groups excluding carboxylic acids is 2. The van der Waals surface area contributed by atoms with E-state index in [0.29, 0.717) is 24.5 Å². The number of nitrogens with zero attached hydrogens (tertiary/aromatic N) is 2. The average molecular weight is 341 g/mol. The molecule has 0 radical (unpaired) electrons. The van der Waals surface area contributed by atoms with Gasteiger partial charge in [0.1, 0.15) is 5.71 Å². The van der Waals surface area contributed by atoms with E-state index >= 15 is 0 Å². The molecule has 1 N–H and O–H groups in total. The van der Waals surface area contributed by atoms with Crippen molar-refractivity contribution in [1.82, 2.24) is 5.32 Å². The summed E-state index contributed by atoms with van der Waals surface area (Å²) in [4.78, 5) is 25.0. The molecule has 134 valence electrons. The highest BCUT2D eigenvalue weighted by atomic mass is 16.2. The Morgan fingerprint density at radius 2 is 1.96 bits per heavy atom. The third-order valence-electron chi connectivity index (χ3n) is 5.32. The predicted octanol–water partition coefficient (Wildman–Crippen LogP) is 3.48. The van der Waals surface area contributed by atoms with Crippen LogP contribution in [0.1, 0.15) is 56.6 Å². The zero-order valence-electron chi connectivity index (χ0n) is 15.3. The van der Waals surface area contributed by atoms with Gasteiger partial charge in [-0.15, -0.1) is 0 Å². The van der Waals surface area contributed by atoms with Gasteiger partial charge >= 0.3 is 0 Å². The number of nitrogens with one attached hydrogen (secondary N) is 1. The van der Waals surface area contributed by atoms with Crippen molar-refractivity contribution in [3.8, 4) is 0 Å². The molecule has 2 aliphatic rings. The highest BCUT2D eigenvalue weighted by Gasteiger charge is 2.29. The molecule has 5 heteroatoms. The number of anilines is 1. The van der Waals surface area contributed by atoms with Crippen LogP contribution in [0.3, 0.4) is 0 Å². The molecule has 5 nitrogen and oxygen atoms in total. The van der Waals surface area contributed by atoms with Gasteiger partial charge in [0.25, 0.3) is 5.91 Å². The summed E-state index contributed by atoms with van der Waals surface area (Å²) in [5.41, 5.74) is 3.26. The molecule has 1 aromatic carbocycles. The number of benzene rings is 1. The van der Waals surface area contributed by atoms with Gasteiger partial charge in [-0.2, -0.15) is 5.10 Å². The Balaban J connectivity index is 1.80. The molecule has 1 aromatic rings. The Kier molecular flexibility index (Phi) is 5.21. The first-order valence-corrected chi connectivity index (χ1v) is 9.24. The molecular formula is C20H27N3O2. The number of hydrogen-bond acceptors (Lipinski definition) is 3. The van der Waals surface area contributed by atoms with Gasteiger partial charge < -0.3 is 5.32 Å². The number of hydrogen-bond donors (Lipinski definition) is 1. The Hall–Kier alpha value is -2.17. The molecule has 2 unspecified atom stereocenters. The van der Waals surface area contributed by atoms with Crippen LogP contribution < -0.4 is 10.3 Å². The topological polar surface area (TPSA) is 61.8 Å². The maximum absolute atomic E-state index is 12.7. The van der Waals surface area contributed by atoms with Gasteiger partial charge in [0.15, 0.2) is 0 Å². The van der Waals surface area contributed by atoms with Crippen LogP contribution in [0.4, 0.5) is 5.69 Å². The molecule has 0 saturated heterocycles. The van der Waals surface area contributed by atoms with Gasteiger partial charge in [-0.25, -0.2) is 5.01 Å². The summed E-state index contributed by atoms with van der Waals surface area (Å²) in [5.74, 6) is 0.316. The molecule has 25 heavy (non-hydrogen) atoms. The van der Waals surface area contributed by atoms with Crippen LogP contribution in [0.25, 0.3) is 0 Å². The fourth-order valence-corrected chi connectivity index (χ4v) is 3.63. The summed E-state index contributed by atoms with van der Waals surface area (Å²) in [6.07, 6.45) is 5.32. The second kappa shape index (κ2) is 7.38. The highest BCUT2D eigenvalue weighted by molar-refractivity contribution is 6.40. The monoisotopic (exact) mass is 341 g/mol. The number of aryl methyl sites for hydroxylation is 2. The zero-order valence-corrected chi connectivity index (χ0v) is 15.3. The van der Waals surface area contributed by atoms with Crippen LogP contribution in [-0.4, -0.2) is 23.6 Å². The Bertz CT molecular complexity index is 711. The van der Waals surface area contributed by atoms with Crippen molar-refractivity contribution < 1.29 is 9.59 Å². The molecule has 0 spiro atoms. The van der Waals surface area contributed by atoms with Crippen LogP contribution in [0, 0.1) is 19.8 Å². The molecule has 1 aliphatic carbocycles. The molecule has 1 saturated carbocycles. The van der Waals surface area contributed by atoms with E-state index in [0.717, 1.165) is 36.1 Å². The van der Waals surface area contributed by atoms with Crippen molar-refractivity contribution in [2.75, 3.05) is 5.01 Å². The van der Waals surface area contributed by atoms with E-state index < -0.39 is 0 Å². The lowest BCUT2D eigenvalue weighted by molar-refractivity contribution is -0.119. The van der Waals surface area contributed by atoms with E-state index in [4.69, 9.17) is 0 Å². The van der Waals surface area contributed by atoms with Crippen molar-refractivity contribution in [1.29, 1.82) is 0 Å². The normalized spacial score (nSPS) is 24.0. The summed E-state index contributed by atoms with van der Waals surface area (Å²) in [5, 5.41) is 8.97. The predicted molar refractivity (Wildman–Crippen MR) is 99.6 cm³/mol. The summed E-state index contributed by atoms with van der Waals surface area (Å²) in [6.45, 7) is 6.13. The quantitative estimate of drug-likeness (QED) is 0.915. The van der Waals surface area contributed by atoms with Crippen molar-refractivity contribution in [2.45, 2.75) is 65.3 Å². The van der Waals surface area contributed by atoms with E-state index in [-0.39, 0.29) is 17.9 Å². The fraction of sp³-hybridized carbons (Fsp3) is 0.550. The summed E-state index contributed by atoms with van der Waals surface area (Å²) in [6, 6.07) is 6.15. The standard InChI is InChI=1S/C20H27N3O2/c1-13-8-9-15(3)18(12-13)23-19(24)11-10-17(22-23)20(25)21-16-7-5-4-6-14(16)2/h8-9,12,14,16H,4-7,10-11H2,1-3H3,(H,21,25). The summed E-state index contributed by atoms with van der Waals surface area (Å²) in [7, 11) is 0. The molecule has 2 amide bonds. The van der Waals surface area contributed by atoms with Crippen molar-refractivity contribution >= 4 is 23.2 Å². The largest absolute Gasteiger partial charge is 0.348 e. The minimum absolute atomic E-state index is 0.0590. The van der Waals surface area contributed by atoms with Crippen LogP contribution in [0.2, 0.25) is 0 Å². The molecule has 1 aliphatic heterocycles. The molecule has 1 fully saturated rings. The number of rotatable bonds is 3. The van der Waals surface area contributed by atoms with Gasteiger partial charge in [0.05, 0.1) is 5.69 Å². The first kappa shape index (κ1) is 17.6. The lowest BCUT2D eigenvalue weighted by Gasteiger charge is -2.30. The number of carbonyl (C=O) groups is 2. The lowest BCUT2D eigenvalue weighted by Crippen LogP contribution is -2.46. The SMILES string of the molecule is Cc1ccc(C)c(N2N=C(C(=O)NC3CCCCC3C)CCC2=O)c1. The third kappa shape index (κ3) is 3.91. The molecular weight excluding hydrogens is 314 g/mol. The lowest BCUT2D eigenvalue weighted by atomic mass is 9.86. The first-order valence-electron chi connectivity index (χ1n) is 9.24. The van der Waals surface area contributed by atoms with Crippen molar-refractivity contribution in [2.24, 2.45) is 11.0 Å². The average Bonchev–Trinajstić information content (AvgIpc) is 2.59. The van der Waals surface area contributed by atoms with Gasteiger partial charge in [0, 0.05) is 18.9 Å². The van der Waals surface area contributed by atoms with Crippen LogP contribution >= 0.6 is 0 Å². The second-order valence-corrected chi connectivity index (χ2v) is 7.38. The van der Waals surface area contributed by atoms with Crippen LogP contribution in [0.15, 0.2) is 23.3 Å². The van der Waals surface area contributed by atoms with Crippen molar-refractivity contribution in [3.05, 3.63) is 29.3 Å². The van der Waals surface area contributed by atoms with Crippen LogP contribution in [0.5, 0.6) is 0 Å². The second-order valence-electron chi connectivity index (χ2n) is 7.38. The Labute approximate surface area is 149 Å². The Morgan fingerprint density at radius 1 is 1.20 bits per heavy atom. The summed E-state index contributed by atoms with van der Waals surface area (Å²) >= 11 is 0. The van der Waals surface area contributed by atoms with Gasteiger partial charge in [-0.3, -0.25) is 9.59 Å². The van der Waals surface area contributed by atoms with E-state index in [2.05, 4.69) is 17.3 Å². The molecule has 1 heterocycles. The van der Waals surface area contributed by atoms with E-state index in [1.54, 1.807) is 0 Å². The fourth-order valence-electron chi connectivity index (χ4n) is 3.63. The molecule has 0 bridgehead atoms. The minimum atomic E-state index is -0.124. The van der Waals surface area contributed by atoms with Gasteiger partial charge in [0.2, 0.25) is 5.91 Å². The molecule has 3 rings (SSSR count). The van der Waals surface area contributed by atoms with E-state index in [9.17, 15) is 9.59 Å². The molecule has 0 aromatic heterocycles. The smallest absolute Gasteiger partial charge is 0.267 e. The first-order chi connectivity index (χ1) is 12.0. The minimum Gasteiger partial charge on any atom is -0.348 e. The van der Waals surface area contributed by atoms with Crippen molar-refractivity contribution in [3.63, 3.8) is 0 Å².